The average Bonchev–Trinajstić information content (AvgIpc) is 3.16. The number of likely N-dealkylation sites (tertiary alicyclic amines) is 1. The Morgan fingerprint density at radius 2 is 1.91 bits per heavy atom. The topological polar surface area (TPSA) is 94.7 Å². The lowest BCUT2D eigenvalue weighted by Gasteiger charge is -2.32. The molecular weight excluding hydrogens is 437 g/mol. The van der Waals surface area contributed by atoms with Crippen molar-refractivity contribution in [3.05, 3.63) is 64.9 Å². The number of nitrogens with zero attached hydrogens (tertiary/aromatic N) is 1. The predicted octanol–water partition coefficient (Wildman–Crippen LogP) is 3.64. The number of hydrogen-bond donors (Lipinski definition) is 3. The van der Waals surface area contributed by atoms with Crippen LogP contribution in [0.5, 0.6) is 5.88 Å². The van der Waals surface area contributed by atoms with Gasteiger partial charge in [0.15, 0.2) is 0 Å². The number of aromatic nitrogens is 1. The summed E-state index contributed by atoms with van der Waals surface area (Å²) in [5.41, 5.74) is 1.45. The highest BCUT2D eigenvalue weighted by Crippen LogP contribution is 2.24. The Morgan fingerprint density at radius 3 is 2.62 bits per heavy atom. The number of aliphatic hydroxyl groups excluding tert-OH is 1. The van der Waals surface area contributed by atoms with Crippen molar-refractivity contribution in [2.75, 3.05) is 13.1 Å². The van der Waals surface area contributed by atoms with E-state index in [9.17, 15) is 19.1 Å². The summed E-state index contributed by atoms with van der Waals surface area (Å²) < 4.78 is 18.6. The maximum Gasteiger partial charge on any atom is 0.414 e. The number of piperidine rings is 1. The quantitative estimate of drug-likeness (QED) is 0.543. The molecule has 1 aliphatic heterocycles. The van der Waals surface area contributed by atoms with E-state index in [2.05, 4.69) is 10.3 Å². The number of aromatic amines is 1. The van der Waals surface area contributed by atoms with Crippen LogP contribution in [0.3, 0.4) is 0 Å². The number of hydrogen-bond acceptors (Lipinski definition) is 4. The van der Waals surface area contributed by atoms with Crippen molar-refractivity contribution in [1.82, 2.24) is 15.2 Å². The van der Waals surface area contributed by atoms with Crippen LogP contribution in [0.4, 0.5) is 9.18 Å². The van der Waals surface area contributed by atoms with Gasteiger partial charge >= 0.3 is 6.09 Å². The molecule has 1 aliphatic rings. The van der Waals surface area contributed by atoms with Gasteiger partial charge in [-0.05, 0) is 48.7 Å². The molecule has 0 radical (unpaired) electrons. The maximum absolute atomic E-state index is 13.3. The van der Waals surface area contributed by atoms with Gasteiger partial charge in [0.1, 0.15) is 11.9 Å². The second-order valence-electron chi connectivity index (χ2n) is 7.84. The highest BCUT2D eigenvalue weighted by Gasteiger charge is 2.29. The highest BCUT2D eigenvalue weighted by atomic mass is 35.5. The minimum Gasteiger partial charge on any atom is -0.393 e. The fourth-order valence-corrected chi connectivity index (χ4v) is 3.95. The summed E-state index contributed by atoms with van der Waals surface area (Å²) in [4.78, 5) is 30.3. The third kappa shape index (κ3) is 5.38. The number of H-pyrrole nitrogens is 1. The third-order valence-corrected chi connectivity index (χ3v) is 5.72. The van der Waals surface area contributed by atoms with Gasteiger partial charge in [0.05, 0.1) is 6.10 Å². The van der Waals surface area contributed by atoms with Crippen LogP contribution in [0, 0.1) is 5.82 Å². The minimum absolute atomic E-state index is 0.176. The lowest BCUT2D eigenvalue weighted by molar-refractivity contribution is -0.135. The molecule has 1 saturated heterocycles. The van der Waals surface area contributed by atoms with Gasteiger partial charge in [-0.25, -0.2) is 9.18 Å². The first-order chi connectivity index (χ1) is 15.4. The number of rotatable bonds is 5. The molecule has 2 amide bonds. The number of aliphatic hydroxyl groups is 1. The molecular formula is C23H23ClFN3O4. The van der Waals surface area contributed by atoms with Crippen molar-refractivity contribution in [2.24, 2.45) is 0 Å². The van der Waals surface area contributed by atoms with Gasteiger partial charge in [0.2, 0.25) is 11.8 Å². The molecule has 4 rings (SSSR count). The summed E-state index contributed by atoms with van der Waals surface area (Å²) in [6.07, 6.45) is -0.0767. The number of nitrogens with one attached hydrogen (secondary N) is 2. The number of carbonyl (C=O) groups excluding carboxylic acids is 2. The molecule has 1 fully saturated rings. The number of carbonyl (C=O) groups is 2. The van der Waals surface area contributed by atoms with Crippen LogP contribution in [0.15, 0.2) is 48.5 Å². The number of benzene rings is 2. The van der Waals surface area contributed by atoms with E-state index in [1.54, 1.807) is 41.3 Å². The molecule has 0 saturated carbocycles. The molecule has 32 heavy (non-hydrogen) atoms. The van der Waals surface area contributed by atoms with E-state index >= 15 is 0 Å². The molecule has 2 heterocycles. The normalized spacial score (nSPS) is 15.5. The number of amides is 2. The zero-order valence-electron chi connectivity index (χ0n) is 17.2. The van der Waals surface area contributed by atoms with Crippen molar-refractivity contribution >= 4 is 34.5 Å². The molecule has 2 aromatic carbocycles. The summed E-state index contributed by atoms with van der Waals surface area (Å²) in [6.45, 7) is 0.804. The predicted molar refractivity (Wildman–Crippen MR) is 118 cm³/mol. The highest BCUT2D eigenvalue weighted by molar-refractivity contribution is 6.31. The minimum atomic E-state index is -0.901. The molecule has 9 heteroatoms. The number of ether oxygens (including phenoxy) is 1. The van der Waals surface area contributed by atoms with E-state index in [4.69, 9.17) is 16.3 Å². The SMILES string of the molecule is O=C(N[C@@H](Cc1ccc(F)cc1)C(=O)N1CCC(O)CC1)Oc1cc2cc(Cl)ccc2[nH]1. The Labute approximate surface area is 189 Å². The van der Waals surface area contributed by atoms with Crippen LogP contribution in [0.2, 0.25) is 5.02 Å². The third-order valence-electron chi connectivity index (χ3n) is 5.48. The Balaban J connectivity index is 1.48. The first-order valence-electron chi connectivity index (χ1n) is 10.4. The van der Waals surface area contributed by atoms with Gasteiger partial charge in [0.25, 0.3) is 0 Å². The summed E-state index contributed by atoms with van der Waals surface area (Å²) in [5, 5.41) is 13.7. The van der Waals surface area contributed by atoms with Gasteiger partial charge in [-0.3, -0.25) is 4.79 Å². The van der Waals surface area contributed by atoms with Crippen molar-refractivity contribution < 1.29 is 23.8 Å². The van der Waals surface area contributed by atoms with Crippen molar-refractivity contribution in [2.45, 2.75) is 31.4 Å². The van der Waals surface area contributed by atoms with Crippen LogP contribution in [-0.4, -0.2) is 52.2 Å². The molecule has 3 aromatic rings. The molecule has 0 spiro atoms. The summed E-state index contributed by atoms with van der Waals surface area (Å²) in [5.74, 6) is -0.441. The largest absolute Gasteiger partial charge is 0.414 e. The fourth-order valence-electron chi connectivity index (χ4n) is 3.77. The van der Waals surface area contributed by atoms with Gasteiger partial charge in [-0.2, -0.15) is 0 Å². The van der Waals surface area contributed by atoms with E-state index in [0.29, 0.717) is 36.5 Å². The second-order valence-corrected chi connectivity index (χ2v) is 8.28. The Kier molecular flexibility index (Phi) is 6.62. The average molecular weight is 460 g/mol. The smallest absolute Gasteiger partial charge is 0.393 e. The van der Waals surface area contributed by atoms with Crippen molar-refractivity contribution in [1.29, 1.82) is 0 Å². The van der Waals surface area contributed by atoms with Crippen LogP contribution in [0.1, 0.15) is 18.4 Å². The van der Waals surface area contributed by atoms with E-state index in [0.717, 1.165) is 10.9 Å². The van der Waals surface area contributed by atoms with E-state index in [1.807, 2.05) is 0 Å². The zero-order chi connectivity index (χ0) is 22.7. The summed E-state index contributed by atoms with van der Waals surface area (Å²) >= 11 is 5.99. The van der Waals surface area contributed by atoms with E-state index in [-0.39, 0.29) is 24.0 Å². The lowest BCUT2D eigenvalue weighted by atomic mass is 10.0. The Morgan fingerprint density at radius 1 is 1.19 bits per heavy atom. The van der Waals surface area contributed by atoms with Gasteiger partial charge in [0, 0.05) is 41.5 Å². The van der Waals surface area contributed by atoms with Crippen LogP contribution < -0.4 is 10.1 Å². The molecule has 3 N–H and O–H groups in total. The van der Waals surface area contributed by atoms with Gasteiger partial charge in [-0.15, -0.1) is 0 Å². The molecule has 0 aliphatic carbocycles. The molecule has 168 valence electrons. The Hall–Kier alpha value is -3.10. The Bertz CT molecular complexity index is 1110. The van der Waals surface area contributed by atoms with Crippen molar-refractivity contribution in [3.63, 3.8) is 0 Å². The lowest BCUT2D eigenvalue weighted by Crippen LogP contribution is -2.52. The van der Waals surface area contributed by atoms with Crippen LogP contribution in [-0.2, 0) is 11.2 Å². The van der Waals surface area contributed by atoms with Crippen LogP contribution >= 0.6 is 11.6 Å². The van der Waals surface area contributed by atoms with E-state index in [1.165, 1.54) is 12.1 Å². The monoisotopic (exact) mass is 459 g/mol. The summed E-state index contributed by atoms with van der Waals surface area (Å²) in [7, 11) is 0. The van der Waals surface area contributed by atoms with Gasteiger partial charge < -0.3 is 25.0 Å². The zero-order valence-corrected chi connectivity index (χ0v) is 17.9. The number of fused-ring (bicyclic) bond motifs is 1. The maximum atomic E-state index is 13.3. The number of halogens is 2. The molecule has 1 aromatic heterocycles. The first-order valence-corrected chi connectivity index (χ1v) is 10.7. The second kappa shape index (κ2) is 9.58. The van der Waals surface area contributed by atoms with Crippen molar-refractivity contribution in [3.8, 4) is 5.88 Å². The first kappa shape index (κ1) is 22.1. The van der Waals surface area contributed by atoms with E-state index < -0.39 is 18.2 Å². The van der Waals surface area contributed by atoms with Crippen LogP contribution in [0.25, 0.3) is 10.9 Å². The molecule has 0 unspecified atom stereocenters. The summed E-state index contributed by atoms with van der Waals surface area (Å²) in [6, 6.07) is 11.7. The molecule has 0 bridgehead atoms. The fraction of sp³-hybridized carbons (Fsp3) is 0.304. The molecule has 1 atom stereocenters. The molecule has 7 nitrogen and oxygen atoms in total. The standard InChI is InChI=1S/C23H23ClFN3O4/c24-16-3-6-19-15(12-16)13-21(26-19)32-23(31)27-20(11-14-1-4-17(25)5-2-14)22(30)28-9-7-18(29)8-10-28/h1-6,12-13,18,20,26,29H,7-11H2,(H,27,31)/t20-/m0/s1. The van der Waals surface area contributed by atoms with Gasteiger partial charge in [-0.1, -0.05) is 23.7 Å².